The van der Waals surface area contributed by atoms with Gasteiger partial charge in [0.15, 0.2) is 11.6 Å². The zero-order valence-corrected chi connectivity index (χ0v) is 22.7. The van der Waals surface area contributed by atoms with Crippen molar-refractivity contribution in [3.05, 3.63) is 72.8 Å². The molecule has 3 aliphatic rings. The minimum Gasteiger partial charge on any atom is -0.407 e. The maximum atomic E-state index is 7.12. The van der Waals surface area contributed by atoms with Crippen LogP contribution in [0.25, 0.3) is 0 Å². The van der Waals surface area contributed by atoms with Gasteiger partial charge in [0.25, 0.3) is 8.32 Å². The van der Waals surface area contributed by atoms with Crippen LogP contribution in [0.2, 0.25) is 5.04 Å². The first-order valence-electron chi connectivity index (χ1n) is 13.2. The van der Waals surface area contributed by atoms with Crippen molar-refractivity contribution in [1.82, 2.24) is 0 Å². The Bertz CT molecular complexity index is 978. The van der Waals surface area contributed by atoms with Gasteiger partial charge in [0, 0.05) is 25.9 Å². The number of hydrogen-bond donors (Lipinski definition) is 0. The summed E-state index contributed by atoms with van der Waals surface area (Å²) >= 11 is 0. The molecule has 3 aliphatic heterocycles. The van der Waals surface area contributed by atoms with E-state index in [1.54, 1.807) is 0 Å². The first kappa shape index (κ1) is 24.9. The molecule has 35 heavy (non-hydrogen) atoms. The fraction of sp³-hybridized carbons (Fsp3) is 0.533. The Kier molecular flexibility index (Phi) is 6.83. The van der Waals surface area contributed by atoms with Gasteiger partial charge < -0.3 is 18.6 Å². The highest BCUT2D eigenvalue weighted by molar-refractivity contribution is 6.99. The SMILES string of the molecule is C[C@@H]1C[C@]2(CC[C@]3(C=CCCO3)O2)O[C@@H]1CCO[Si](c1ccccc1)(c1ccccc1)C(C)(C)C. The van der Waals surface area contributed by atoms with Gasteiger partial charge in [0.1, 0.15) is 0 Å². The summed E-state index contributed by atoms with van der Waals surface area (Å²) in [5.74, 6) is -0.693. The summed E-state index contributed by atoms with van der Waals surface area (Å²) in [7, 11) is -2.53. The van der Waals surface area contributed by atoms with Crippen LogP contribution in [0.15, 0.2) is 72.8 Å². The molecule has 2 saturated heterocycles. The van der Waals surface area contributed by atoms with Gasteiger partial charge in [-0.2, -0.15) is 0 Å². The van der Waals surface area contributed by atoms with E-state index in [1.807, 2.05) is 0 Å². The Morgan fingerprint density at radius 3 is 2.20 bits per heavy atom. The molecule has 2 aromatic carbocycles. The Balaban J connectivity index is 1.33. The van der Waals surface area contributed by atoms with E-state index in [-0.39, 0.29) is 11.1 Å². The molecule has 4 nitrogen and oxygen atoms in total. The molecule has 0 bridgehead atoms. The molecule has 2 fully saturated rings. The zero-order valence-electron chi connectivity index (χ0n) is 21.7. The molecule has 0 N–H and O–H groups in total. The van der Waals surface area contributed by atoms with Gasteiger partial charge in [-0.3, -0.25) is 0 Å². The lowest BCUT2D eigenvalue weighted by Gasteiger charge is -2.43. The van der Waals surface area contributed by atoms with Crippen LogP contribution in [0.4, 0.5) is 0 Å². The molecule has 2 aromatic rings. The largest absolute Gasteiger partial charge is 0.407 e. The first-order valence-corrected chi connectivity index (χ1v) is 15.1. The van der Waals surface area contributed by atoms with Crippen LogP contribution >= 0.6 is 0 Å². The molecule has 5 rings (SSSR count). The van der Waals surface area contributed by atoms with Crippen molar-refractivity contribution < 1.29 is 18.6 Å². The summed E-state index contributed by atoms with van der Waals surface area (Å²) in [6.45, 7) is 10.7. The van der Waals surface area contributed by atoms with Gasteiger partial charge in [-0.25, -0.2) is 0 Å². The van der Waals surface area contributed by atoms with Gasteiger partial charge in [-0.15, -0.1) is 0 Å². The van der Waals surface area contributed by atoms with Crippen LogP contribution in [0.5, 0.6) is 0 Å². The molecule has 188 valence electrons. The van der Waals surface area contributed by atoms with E-state index in [4.69, 9.17) is 18.6 Å². The second-order valence-corrected chi connectivity index (χ2v) is 15.8. The van der Waals surface area contributed by atoms with Gasteiger partial charge in [-0.1, -0.05) is 94.4 Å². The number of benzene rings is 2. The molecule has 0 aliphatic carbocycles. The third-order valence-corrected chi connectivity index (χ3v) is 13.0. The minimum absolute atomic E-state index is 0.0231. The van der Waals surface area contributed by atoms with E-state index in [0.717, 1.165) is 38.7 Å². The van der Waals surface area contributed by atoms with Crippen molar-refractivity contribution in [3.63, 3.8) is 0 Å². The Hall–Kier alpha value is -1.76. The van der Waals surface area contributed by atoms with Gasteiger partial charge >= 0.3 is 0 Å². The molecule has 0 aromatic heterocycles. The molecule has 0 amide bonds. The smallest absolute Gasteiger partial charge is 0.261 e. The van der Waals surface area contributed by atoms with E-state index in [9.17, 15) is 0 Å². The van der Waals surface area contributed by atoms with Crippen molar-refractivity contribution in [2.24, 2.45) is 5.92 Å². The fourth-order valence-electron chi connectivity index (χ4n) is 6.33. The quantitative estimate of drug-likeness (QED) is 0.391. The highest BCUT2D eigenvalue weighted by Gasteiger charge is 2.56. The maximum absolute atomic E-state index is 7.12. The van der Waals surface area contributed by atoms with Crippen LogP contribution in [0.3, 0.4) is 0 Å². The number of ether oxygens (including phenoxy) is 3. The summed E-state index contributed by atoms with van der Waals surface area (Å²) in [6, 6.07) is 21.7. The van der Waals surface area contributed by atoms with Crippen molar-refractivity contribution in [1.29, 1.82) is 0 Å². The fourth-order valence-corrected chi connectivity index (χ4v) is 10.9. The average Bonchev–Trinajstić information content (AvgIpc) is 3.35. The third kappa shape index (κ3) is 4.69. The average molecular weight is 493 g/mol. The van der Waals surface area contributed by atoms with Crippen LogP contribution < -0.4 is 10.4 Å². The van der Waals surface area contributed by atoms with Crippen LogP contribution in [0, 0.1) is 5.92 Å². The van der Waals surface area contributed by atoms with E-state index in [2.05, 4.69) is 101 Å². The van der Waals surface area contributed by atoms with Crippen molar-refractivity contribution in [2.75, 3.05) is 13.2 Å². The predicted molar refractivity (Wildman–Crippen MR) is 142 cm³/mol. The molecule has 0 saturated carbocycles. The number of hydrogen-bond acceptors (Lipinski definition) is 4. The molecule has 0 radical (unpaired) electrons. The summed E-state index contributed by atoms with van der Waals surface area (Å²) in [6.07, 6.45) is 8.87. The highest BCUT2D eigenvalue weighted by Crippen LogP contribution is 2.50. The molecular weight excluding hydrogens is 452 g/mol. The molecular formula is C30H40O4Si. The minimum atomic E-state index is -2.53. The molecule has 5 heteroatoms. The van der Waals surface area contributed by atoms with Crippen LogP contribution in [-0.4, -0.2) is 39.2 Å². The van der Waals surface area contributed by atoms with Crippen molar-refractivity contribution in [2.45, 2.75) is 82.5 Å². The Labute approximate surface area is 211 Å². The molecule has 3 heterocycles. The van der Waals surface area contributed by atoms with Crippen LogP contribution in [0.1, 0.15) is 59.8 Å². The van der Waals surface area contributed by atoms with Crippen molar-refractivity contribution >= 4 is 18.7 Å². The maximum Gasteiger partial charge on any atom is 0.261 e. The van der Waals surface area contributed by atoms with E-state index in [1.165, 1.54) is 10.4 Å². The second kappa shape index (κ2) is 9.60. The standard InChI is InChI=1S/C30H40O4Si/c1-24-23-30(20-19-29(34-30)18-11-12-21-31-29)33-27(24)17-22-32-35(28(2,3)4,25-13-7-5-8-14-25)26-15-9-6-10-16-26/h5-11,13-16,18,24,27H,12,17,19-23H2,1-4H3/t24-,27-,29+,30-/m1/s1. The van der Waals surface area contributed by atoms with Gasteiger partial charge in [0.2, 0.25) is 0 Å². The van der Waals surface area contributed by atoms with E-state index in [0.29, 0.717) is 12.5 Å². The van der Waals surface area contributed by atoms with Gasteiger partial charge in [-0.05, 0) is 40.2 Å². The summed E-state index contributed by atoms with van der Waals surface area (Å²) < 4.78 is 26.3. The summed E-state index contributed by atoms with van der Waals surface area (Å²) in [5, 5.41) is 2.61. The number of rotatable bonds is 6. The lowest BCUT2D eigenvalue weighted by Crippen LogP contribution is -2.66. The lowest BCUT2D eigenvalue weighted by atomic mass is 9.97. The topological polar surface area (TPSA) is 36.9 Å². The normalized spacial score (nSPS) is 31.0. The van der Waals surface area contributed by atoms with Gasteiger partial charge in [0.05, 0.1) is 12.7 Å². The molecule has 0 unspecified atom stereocenters. The molecule has 4 atom stereocenters. The molecule has 2 spiro atoms. The Morgan fingerprint density at radius 1 is 0.971 bits per heavy atom. The van der Waals surface area contributed by atoms with E-state index >= 15 is 0 Å². The van der Waals surface area contributed by atoms with Crippen LogP contribution in [-0.2, 0) is 18.6 Å². The summed E-state index contributed by atoms with van der Waals surface area (Å²) in [4.78, 5) is 0. The second-order valence-electron chi connectivity index (χ2n) is 11.5. The Morgan fingerprint density at radius 2 is 1.63 bits per heavy atom. The third-order valence-electron chi connectivity index (χ3n) is 7.99. The summed E-state index contributed by atoms with van der Waals surface area (Å²) in [5.41, 5.74) is 0. The lowest BCUT2D eigenvalue weighted by molar-refractivity contribution is -0.297. The predicted octanol–water partition coefficient (Wildman–Crippen LogP) is 5.56. The highest BCUT2D eigenvalue weighted by atomic mass is 28.4. The van der Waals surface area contributed by atoms with E-state index < -0.39 is 19.9 Å². The first-order chi connectivity index (χ1) is 16.8. The zero-order chi connectivity index (χ0) is 24.6. The monoisotopic (exact) mass is 492 g/mol. The van der Waals surface area contributed by atoms with Crippen molar-refractivity contribution in [3.8, 4) is 0 Å².